The molecule has 6 nitrogen and oxygen atoms in total. The van der Waals surface area contributed by atoms with E-state index in [4.69, 9.17) is 16.3 Å². The molecule has 0 bridgehead atoms. The van der Waals surface area contributed by atoms with E-state index in [-0.39, 0.29) is 11.5 Å². The Hall–Kier alpha value is -3.30. The number of nitrogens with zero attached hydrogens (tertiary/aromatic N) is 2. The van der Waals surface area contributed by atoms with Crippen LogP contribution in [0.1, 0.15) is 25.3 Å². The van der Waals surface area contributed by atoms with Crippen LogP contribution in [0.4, 0.5) is 11.6 Å². The zero-order valence-electron chi connectivity index (χ0n) is 15.3. The maximum Gasteiger partial charge on any atom is 0.270 e. The zero-order valence-corrected chi connectivity index (χ0v) is 16.1. The van der Waals surface area contributed by atoms with Gasteiger partial charge < -0.3 is 10.1 Å². The molecule has 0 unspecified atom stereocenters. The van der Waals surface area contributed by atoms with E-state index in [9.17, 15) is 10.1 Å². The molecule has 2 N–H and O–H groups in total. The Morgan fingerprint density at radius 2 is 1.89 bits per heavy atom. The molecule has 1 aromatic heterocycles. The first-order valence-corrected chi connectivity index (χ1v) is 9.28. The van der Waals surface area contributed by atoms with Crippen LogP contribution in [0.3, 0.4) is 0 Å². The summed E-state index contributed by atoms with van der Waals surface area (Å²) in [5, 5.41) is 13.0. The Labute approximate surface area is 167 Å². The van der Waals surface area contributed by atoms with Crippen molar-refractivity contribution in [3.63, 3.8) is 0 Å². The quantitative estimate of drug-likeness (QED) is 0.557. The highest BCUT2D eigenvalue weighted by Gasteiger charge is 2.14. The van der Waals surface area contributed by atoms with Crippen molar-refractivity contribution >= 4 is 23.2 Å². The number of aromatic amines is 1. The number of hydrogen-bond acceptors (Lipinski definition) is 5. The minimum Gasteiger partial charge on any atom is -0.494 e. The molecule has 0 atom stereocenters. The van der Waals surface area contributed by atoms with Gasteiger partial charge in [0.05, 0.1) is 12.3 Å². The first-order chi connectivity index (χ1) is 13.6. The van der Waals surface area contributed by atoms with Crippen LogP contribution in [0.5, 0.6) is 5.75 Å². The minimum absolute atomic E-state index is 0.0405. The van der Waals surface area contributed by atoms with Gasteiger partial charge in [0.2, 0.25) is 5.95 Å². The second-order valence-electron chi connectivity index (χ2n) is 6.11. The number of nitriles is 1. The number of hydrogen-bond donors (Lipinski definition) is 2. The van der Waals surface area contributed by atoms with Gasteiger partial charge in [0.25, 0.3) is 5.56 Å². The Morgan fingerprint density at radius 1 is 1.18 bits per heavy atom. The monoisotopic (exact) mass is 394 g/mol. The molecule has 0 saturated heterocycles. The fraction of sp³-hybridized carbons (Fsp3) is 0.190. The highest BCUT2D eigenvalue weighted by molar-refractivity contribution is 6.30. The van der Waals surface area contributed by atoms with Gasteiger partial charge in [0.1, 0.15) is 17.4 Å². The highest BCUT2D eigenvalue weighted by atomic mass is 35.5. The number of benzene rings is 2. The largest absolute Gasteiger partial charge is 0.494 e. The minimum atomic E-state index is -0.507. The number of nitrogens with one attached hydrogen (secondary N) is 2. The summed E-state index contributed by atoms with van der Waals surface area (Å²) >= 11 is 5.89. The third-order valence-corrected chi connectivity index (χ3v) is 4.28. The molecule has 0 spiro atoms. The number of rotatable bonds is 7. The van der Waals surface area contributed by atoms with Crippen molar-refractivity contribution in [2.45, 2.75) is 19.8 Å². The van der Waals surface area contributed by atoms with E-state index in [0.717, 1.165) is 18.6 Å². The number of unbranched alkanes of at least 4 members (excludes halogenated alkanes) is 1. The lowest BCUT2D eigenvalue weighted by Gasteiger charge is -2.10. The maximum atomic E-state index is 12.3. The van der Waals surface area contributed by atoms with E-state index in [0.29, 0.717) is 28.6 Å². The molecule has 0 fully saturated rings. The molecule has 1 heterocycles. The number of H-pyrrole nitrogens is 1. The van der Waals surface area contributed by atoms with Gasteiger partial charge in [0, 0.05) is 16.3 Å². The van der Waals surface area contributed by atoms with Gasteiger partial charge in [-0.2, -0.15) is 5.26 Å². The van der Waals surface area contributed by atoms with Gasteiger partial charge in [-0.3, -0.25) is 9.78 Å². The van der Waals surface area contributed by atoms with Crippen LogP contribution in [0.15, 0.2) is 53.3 Å². The predicted molar refractivity (Wildman–Crippen MR) is 110 cm³/mol. The standard InChI is InChI=1S/C21H19ClN4O2/c1-2-3-12-28-17-10-4-14(5-11-17)19-18(13-23)20(27)26-21(25-19)24-16-8-6-15(22)7-9-16/h4-11H,2-3,12H2,1H3,(H2,24,25,26,27). The molecule has 0 saturated carbocycles. The molecule has 0 aliphatic rings. The first-order valence-electron chi connectivity index (χ1n) is 8.91. The van der Waals surface area contributed by atoms with E-state index in [1.54, 1.807) is 48.5 Å². The zero-order chi connectivity index (χ0) is 19.9. The number of ether oxygens (including phenoxy) is 1. The average Bonchev–Trinajstić information content (AvgIpc) is 2.70. The summed E-state index contributed by atoms with van der Waals surface area (Å²) in [7, 11) is 0. The van der Waals surface area contributed by atoms with Gasteiger partial charge in [0.15, 0.2) is 0 Å². The summed E-state index contributed by atoms with van der Waals surface area (Å²) in [5.41, 5.74) is 1.13. The summed E-state index contributed by atoms with van der Waals surface area (Å²) in [4.78, 5) is 19.4. The third-order valence-electron chi connectivity index (χ3n) is 4.03. The molecule has 2 aromatic carbocycles. The molecule has 3 rings (SSSR count). The van der Waals surface area contributed by atoms with E-state index >= 15 is 0 Å². The third kappa shape index (κ3) is 4.70. The molecule has 0 amide bonds. The molecule has 0 radical (unpaired) electrons. The molecular formula is C21H19ClN4O2. The van der Waals surface area contributed by atoms with Crippen LogP contribution in [-0.4, -0.2) is 16.6 Å². The molecule has 0 aliphatic heterocycles. The number of anilines is 2. The van der Waals surface area contributed by atoms with Gasteiger partial charge in [-0.15, -0.1) is 0 Å². The van der Waals surface area contributed by atoms with E-state index in [1.807, 2.05) is 6.07 Å². The van der Waals surface area contributed by atoms with E-state index in [2.05, 4.69) is 22.2 Å². The van der Waals surface area contributed by atoms with Crippen LogP contribution in [0.25, 0.3) is 11.3 Å². The smallest absolute Gasteiger partial charge is 0.270 e. The van der Waals surface area contributed by atoms with Gasteiger partial charge in [-0.1, -0.05) is 24.9 Å². The van der Waals surface area contributed by atoms with Crippen LogP contribution in [-0.2, 0) is 0 Å². The predicted octanol–water partition coefficient (Wildman–Crippen LogP) is 4.88. The molecule has 28 heavy (non-hydrogen) atoms. The summed E-state index contributed by atoms with van der Waals surface area (Å²) < 4.78 is 5.65. The van der Waals surface area contributed by atoms with Gasteiger partial charge >= 0.3 is 0 Å². The maximum absolute atomic E-state index is 12.3. The van der Waals surface area contributed by atoms with Crippen molar-refractivity contribution < 1.29 is 4.74 Å². The molecule has 142 valence electrons. The van der Waals surface area contributed by atoms with Crippen molar-refractivity contribution in [3.05, 3.63) is 69.5 Å². The van der Waals surface area contributed by atoms with Gasteiger partial charge in [-0.25, -0.2) is 4.98 Å². The number of halogens is 1. The van der Waals surface area contributed by atoms with Crippen LogP contribution in [0.2, 0.25) is 5.02 Å². The van der Waals surface area contributed by atoms with Crippen LogP contribution in [0, 0.1) is 11.3 Å². The summed E-state index contributed by atoms with van der Waals surface area (Å²) in [6.07, 6.45) is 2.04. The first kappa shape index (κ1) is 19.5. The molecule has 7 heteroatoms. The van der Waals surface area contributed by atoms with Crippen LogP contribution < -0.4 is 15.6 Å². The highest BCUT2D eigenvalue weighted by Crippen LogP contribution is 2.24. The van der Waals surface area contributed by atoms with Crippen LogP contribution >= 0.6 is 11.6 Å². The Morgan fingerprint density at radius 3 is 2.54 bits per heavy atom. The van der Waals surface area contributed by atoms with E-state index < -0.39 is 5.56 Å². The normalized spacial score (nSPS) is 10.3. The lowest BCUT2D eigenvalue weighted by atomic mass is 10.1. The Balaban J connectivity index is 1.91. The summed E-state index contributed by atoms with van der Waals surface area (Å²) in [5.74, 6) is 0.977. The van der Waals surface area contributed by atoms with Crippen molar-refractivity contribution in [2.75, 3.05) is 11.9 Å². The molecular weight excluding hydrogens is 376 g/mol. The summed E-state index contributed by atoms with van der Waals surface area (Å²) in [6.45, 7) is 2.75. The molecule has 0 aliphatic carbocycles. The van der Waals surface area contributed by atoms with Crippen molar-refractivity contribution in [1.29, 1.82) is 5.26 Å². The number of aromatic nitrogens is 2. The van der Waals surface area contributed by atoms with Crippen molar-refractivity contribution in [1.82, 2.24) is 9.97 Å². The average molecular weight is 395 g/mol. The van der Waals surface area contributed by atoms with Gasteiger partial charge in [-0.05, 0) is 55.0 Å². The lowest BCUT2D eigenvalue weighted by Crippen LogP contribution is -2.16. The second-order valence-corrected chi connectivity index (χ2v) is 6.54. The SMILES string of the molecule is CCCCOc1ccc(-c2nc(Nc3ccc(Cl)cc3)[nH]c(=O)c2C#N)cc1. The van der Waals surface area contributed by atoms with Crippen molar-refractivity contribution in [2.24, 2.45) is 0 Å². The lowest BCUT2D eigenvalue weighted by molar-refractivity contribution is 0.309. The molecule has 3 aromatic rings. The fourth-order valence-corrected chi connectivity index (χ4v) is 2.68. The van der Waals surface area contributed by atoms with Crippen molar-refractivity contribution in [3.8, 4) is 23.1 Å². The summed E-state index contributed by atoms with van der Waals surface area (Å²) in [6, 6.07) is 16.1. The Bertz CT molecular complexity index is 1040. The second kappa shape index (κ2) is 9.07. The topological polar surface area (TPSA) is 90.8 Å². The fourth-order valence-electron chi connectivity index (χ4n) is 2.56. The Kier molecular flexibility index (Phi) is 6.30. The van der Waals surface area contributed by atoms with E-state index in [1.165, 1.54) is 0 Å².